The minimum absolute atomic E-state index is 0.155. The van der Waals surface area contributed by atoms with E-state index in [9.17, 15) is 4.79 Å². The molecular weight excluding hydrogens is 346 g/mol. The standard InChI is InChI=1S/C19H19N5O3/c1-12(15-5-8-17-18(11-15)27-10-9-26-17)20-19(25)14-3-6-16(7-4-14)24-13(2)21-22-23-24/h3-8,11-12H,9-10H2,1-2H3,(H,20,25). The molecule has 2 aromatic carbocycles. The van der Waals surface area contributed by atoms with Crippen LogP contribution < -0.4 is 14.8 Å². The summed E-state index contributed by atoms with van der Waals surface area (Å²) >= 11 is 0. The second kappa shape index (κ2) is 7.06. The van der Waals surface area contributed by atoms with Crippen LogP contribution in [0.15, 0.2) is 42.5 Å². The molecule has 3 aromatic rings. The summed E-state index contributed by atoms with van der Waals surface area (Å²) in [5.74, 6) is 1.97. The molecule has 1 unspecified atom stereocenters. The van der Waals surface area contributed by atoms with Crippen molar-refractivity contribution in [3.8, 4) is 17.2 Å². The molecule has 1 aliphatic heterocycles. The highest BCUT2D eigenvalue weighted by atomic mass is 16.6. The van der Waals surface area contributed by atoms with Gasteiger partial charge in [-0.25, -0.2) is 0 Å². The molecule has 4 rings (SSSR count). The van der Waals surface area contributed by atoms with E-state index in [4.69, 9.17) is 9.47 Å². The normalized spacial score (nSPS) is 13.9. The number of tetrazole rings is 1. The zero-order valence-corrected chi connectivity index (χ0v) is 15.0. The topological polar surface area (TPSA) is 91.2 Å². The second-order valence-corrected chi connectivity index (χ2v) is 6.28. The van der Waals surface area contributed by atoms with Crippen LogP contribution in [0.25, 0.3) is 5.69 Å². The van der Waals surface area contributed by atoms with Gasteiger partial charge in [0.25, 0.3) is 5.91 Å². The number of benzene rings is 2. The van der Waals surface area contributed by atoms with Crippen LogP contribution in [0.1, 0.15) is 34.7 Å². The lowest BCUT2D eigenvalue weighted by molar-refractivity contribution is 0.0939. The average molecular weight is 365 g/mol. The lowest BCUT2D eigenvalue weighted by Crippen LogP contribution is -2.26. The number of carbonyl (C=O) groups is 1. The van der Waals surface area contributed by atoms with Crippen molar-refractivity contribution in [2.45, 2.75) is 19.9 Å². The summed E-state index contributed by atoms with van der Waals surface area (Å²) in [5.41, 5.74) is 2.32. The van der Waals surface area contributed by atoms with E-state index in [0.29, 0.717) is 30.4 Å². The lowest BCUT2D eigenvalue weighted by atomic mass is 10.1. The number of fused-ring (bicyclic) bond motifs is 1. The molecule has 8 nitrogen and oxygen atoms in total. The van der Waals surface area contributed by atoms with E-state index in [-0.39, 0.29) is 11.9 Å². The van der Waals surface area contributed by atoms with Gasteiger partial charge in [0.15, 0.2) is 17.3 Å². The quantitative estimate of drug-likeness (QED) is 0.762. The summed E-state index contributed by atoms with van der Waals surface area (Å²) in [6.07, 6.45) is 0. The molecule has 27 heavy (non-hydrogen) atoms. The first kappa shape index (κ1) is 17.0. The summed E-state index contributed by atoms with van der Waals surface area (Å²) in [4.78, 5) is 12.6. The zero-order valence-electron chi connectivity index (χ0n) is 15.0. The number of carbonyl (C=O) groups excluding carboxylic acids is 1. The van der Waals surface area contributed by atoms with Gasteiger partial charge in [0.2, 0.25) is 0 Å². The predicted octanol–water partition coefficient (Wildman–Crippen LogP) is 2.23. The second-order valence-electron chi connectivity index (χ2n) is 6.28. The van der Waals surface area contributed by atoms with Crippen LogP contribution in [0, 0.1) is 6.92 Å². The van der Waals surface area contributed by atoms with Gasteiger partial charge in [-0.3, -0.25) is 4.79 Å². The van der Waals surface area contributed by atoms with Crippen LogP contribution in [0.3, 0.4) is 0 Å². The van der Waals surface area contributed by atoms with E-state index < -0.39 is 0 Å². The van der Waals surface area contributed by atoms with E-state index in [0.717, 1.165) is 17.0 Å². The van der Waals surface area contributed by atoms with Crippen molar-refractivity contribution >= 4 is 5.91 Å². The fraction of sp³-hybridized carbons (Fsp3) is 0.263. The lowest BCUT2D eigenvalue weighted by Gasteiger charge is -2.21. The molecule has 0 spiro atoms. The van der Waals surface area contributed by atoms with Gasteiger partial charge in [-0.05, 0) is 66.2 Å². The number of aryl methyl sites for hydroxylation is 1. The zero-order chi connectivity index (χ0) is 18.8. The third-order valence-corrected chi connectivity index (χ3v) is 4.41. The summed E-state index contributed by atoms with van der Waals surface area (Å²) in [6.45, 7) is 4.83. The van der Waals surface area contributed by atoms with Gasteiger partial charge in [-0.15, -0.1) is 5.10 Å². The van der Waals surface area contributed by atoms with Crippen LogP contribution >= 0.6 is 0 Å². The number of amides is 1. The Morgan fingerprint density at radius 1 is 1.11 bits per heavy atom. The first-order valence-corrected chi connectivity index (χ1v) is 8.67. The molecule has 1 atom stereocenters. The molecule has 1 aromatic heterocycles. The highest BCUT2D eigenvalue weighted by Crippen LogP contribution is 2.32. The van der Waals surface area contributed by atoms with Crippen molar-refractivity contribution in [3.05, 3.63) is 59.4 Å². The van der Waals surface area contributed by atoms with Gasteiger partial charge < -0.3 is 14.8 Å². The molecule has 1 N–H and O–H groups in total. The number of hydrogen-bond donors (Lipinski definition) is 1. The third kappa shape index (κ3) is 3.46. The molecule has 0 radical (unpaired) electrons. The van der Waals surface area contributed by atoms with Crippen LogP contribution in [-0.4, -0.2) is 39.3 Å². The van der Waals surface area contributed by atoms with E-state index in [1.807, 2.05) is 44.2 Å². The number of hydrogen-bond acceptors (Lipinski definition) is 6. The number of nitrogens with one attached hydrogen (secondary N) is 1. The monoisotopic (exact) mass is 365 g/mol. The van der Waals surface area contributed by atoms with E-state index >= 15 is 0 Å². The maximum Gasteiger partial charge on any atom is 0.251 e. The van der Waals surface area contributed by atoms with Gasteiger partial charge in [-0.1, -0.05) is 6.07 Å². The Bertz CT molecular complexity index is 968. The molecule has 2 heterocycles. The summed E-state index contributed by atoms with van der Waals surface area (Å²) < 4.78 is 12.7. The van der Waals surface area contributed by atoms with Crippen LogP contribution in [0.5, 0.6) is 11.5 Å². The molecule has 0 saturated heterocycles. The Morgan fingerprint density at radius 2 is 1.85 bits per heavy atom. The average Bonchev–Trinajstić information content (AvgIpc) is 3.13. The van der Waals surface area contributed by atoms with Crippen molar-refractivity contribution < 1.29 is 14.3 Å². The van der Waals surface area contributed by atoms with Crippen molar-refractivity contribution in [2.75, 3.05) is 13.2 Å². The Balaban J connectivity index is 1.46. The van der Waals surface area contributed by atoms with Crippen molar-refractivity contribution in [2.24, 2.45) is 0 Å². The van der Waals surface area contributed by atoms with Gasteiger partial charge in [-0.2, -0.15) is 4.68 Å². The first-order chi connectivity index (χ1) is 13.1. The molecule has 1 amide bonds. The summed E-state index contributed by atoms with van der Waals surface area (Å²) in [5, 5.41) is 14.4. The Morgan fingerprint density at radius 3 is 2.56 bits per heavy atom. The maximum absolute atomic E-state index is 12.6. The van der Waals surface area contributed by atoms with Crippen LogP contribution in [0.4, 0.5) is 0 Å². The molecular formula is C19H19N5O3. The number of aromatic nitrogens is 4. The minimum Gasteiger partial charge on any atom is -0.486 e. The van der Waals surface area contributed by atoms with Crippen molar-refractivity contribution in [1.82, 2.24) is 25.5 Å². The minimum atomic E-state index is -0.172. The molecule has 1 aliphatic rings. The van der Waals surface area contributed by atoms with E-state index in [1.165, 1.54) is 0 Å². The Hall–Kier alpha value is -3.42. The Labute approximate surface area is 156 Å². The predicted molar refractivity (Wildman–Crippen MR) is 97.2 cm³/mol. The van der Waals surface area contributed by atoms with E-state index in [2.05, 4.69) is 20.8 Å². The molecule has 0 saturated carbocycles. The van der Waals surface area contributed by atoms with Gasteiger partial charge in [0, 0.05) is 5.56 Å². The third-order valence-electron chi connectivity index (χ3n) is 4.41. The molecule has 0 bridgehead atoms. The highest BCUT2D eigenvalue weighted by Gasteiger charge is 2.16. The number of nitrogens with zero attached hydrogens (tertiary/aromatic N) is 4. The molecule has 138 valence electrons. The van der Waals surface area contributed by atoms with Crippen LogP contribution in [-0.2, 0) is 0 Å². The molecule has 0 fully saturated rings. The SMILES string of the molecule is Cc1nnnn1-c1ccc(C(=O)NC(C)c2ccc3c(c2)OCCO3)cc1. The Kier molecular flexibility index (Phi) is 4.45. The van der Waals surface area contributed by atoms with Gasteiger partial charge >= 0.3 is 0 Å². The largest absolute Gasteiger partial charge is 0.486 e. The highest BCUT2D eigenvalue weighted by molar-refractivity contribution is 5.94. The first-order valence-electron chi connectivity index (χ1n) is 8.67. The summed E-state index contributed by atoms with van der Waals surface area (Å²) in [7, 11) is 0. The summed E-state index contributed by atoms with van der Waals surface area (Å²) in [6, 6.07) is 12.7. The number of rotatable bonds is 4. The molecule has 8 heteroatoms. The number of ether oxygens (including phenoxy) is 2. The smallest absolute Gasteiger partial charge is 0.251 e. The molecule has 0 aliphatic carbocycles. The van der Waals surface area contributed by atoms with Crippen molar-refractivity contribution in [3.63, 3.8) is 0 Å². The maximum atomic E-state index is 12.6. The fourth-order valence-corrected chi connectivity index (χ4v) is 2.92. The van der Waals surface area contributed by atoms with Gasteiger partial charge in [0.1, 0.15) is 13.2 Å². The van der Waals surface area contributed by atoms with Crippen molar-refractivity contribution in [1.29, 1.82) is 0 Å². The van der Waals surface area contributed by atoms with Gasteiger partial charge in [0.05, 0.1) is 11.7 Å². The van der Waals surface area contributed by atoms with Crippen LogP contribution in [0.2, 0.25) is 0 Å². The van der Waals surface area contributed by atoms with E-state index in [1.54, 1.807) is 16.8 Å². The fourth-order valence-electron chi connectivity index (χ4n) is 2.92.